The first-order chi connectivity index (χ1) is 7.25. The summed E-state index contributed by atoms with van der Waals surface area (Å²) in [5.41, 5.74) is 1.17. The van der Waals surface area contributed by atoms with E-state index in [1.54, 1.807) is 0 Å². The largest absolute Gasteiger partial charge is 0.378 e. The SMILES string of the molecule is O=C1CCN(Cc2ccccc2)C(O)C1. The van der Waals surface area contributed by atoms with Crippen molar-refractivity contribution in [2.75, 3.05) is 6.54 Å². The summed E-state index contributed by atoms with van der Waals surface area (Å²) >= 11 is 0. The van der Waals surface area contributed by atoms with Gasteiger partial charge in [0.1, 0.15) is 12.0 Å². The average Bonchev–Trinajstić information content (AvgIpc) is 2.24. The highest BCUT2D eigenvalue weighted by molar-refractivity contribution is 5.79. The lowest BCUT2D eigenvalue weighted by atomic mass is 10.1. The number of hydrogen-bond acceptors (Lipinski definition) is 3. The van der Waals surface area contributed by atoms with Crippen LogP contribution >= 0.6 is 0 Å². The third-order valence-corrected chi connectivity index (χ3v) is 2.74. The molecule has 1 saturated heterocycles. The Hall–Kier alpha value is -1.19. The Balaban J connectivity index is 1.98. The van der Waals surface area contributed by atoms with Crippen molar-refractivity contribution in [2.45, 2.75) is 25.6 Å². The Labute approximate surface area is 89.3 Å². The molecule has 80 valence electrons. The molecular weight excluding hydrogens is 190 g/mol. The van der Waals surface area contributed by atoms with Crippen LogP contribution in [0, 0.1) is 0 Å². The van der Waals surface area contributed by atoms with Crippen LogP contribution in [-0.4, -0.2) is 28.6 Å². The predicted molar refractivity (Wildman–Crippen MR) is 57.1 cm³/mol. The standard InChI is InChI=1S/C12H15NO2/c14-11-6-7-13(12(15)8-11)9-10-4-2-1-3-5-10/h1-5,12,15H,6-9H2. The van der Waals surface area contributed by atoms with Crippen LogP contribution in [0.5, 0.6) is 0 Å². The monoisotopic (exact) mass is 205 g/mol. The lowest BCUT2D eigenvalue weighted by Gasteiger charge is -2.31. The van der Waals surface area contributed by atoms with Gasteiger partial charge >= 0.3 is 0 Å². The fraction of sp³-hybridized carbons (Fsp3) is 0.417. The summed E-state index contributed by atoms with van der Waals surface area (Å²) in [6.45, 7) is 1.38. The minimum Gasteiger partial charge on any atom is -0.378 e. The van der Waals surface area contributed by atoms with E-state index >= 15 is 0 Å². The molecule has 1 aliphatic rings. The number of aliphatic hydroxyl groups is 1. The highest BCUT2D eigenvalue weighted by Gasteiger charge is 2.24. The van der Waals surface area contributed by atoms with Gasteiger partial charge in [-0.15, -0.1) is 0 Å². The van der Waals surface area contributed by atoms with Gasteiger partial charge in [0, 0.05) is 25.9 Å². The lowest BCUT2D eigenvalue weighted by Crippen LogP contribution is -2.42. The normalized spacial score (nSPS) is 23.0. The summed E-state index contributed by atoms with van der Waals surface area (Å²) in [4.78, 5) is 13.0. The van der Waals surface area contributed by atoms with E-state index < -0.39 is 6.23 Å². The summed E-state index contributed by atoms with van der Waals surface area (Å²) in [7, 11) is 0. The van der Waals surface area contributed by atoms with Crippen molar-refractivity contribution >= 4 is 5.78 Å². The molecule has 1 heterocycles. The van der Waals surface area contributed by atoms with Gasteiger partial charge in [0.05, 0.1) is 0 Å². The Kier molecular flexibility index (Phi) is 3.14. The maximum absolute atomic E-state index is 11.1. The fourth-order valence-electron chi connectivity index (χ4n) is 1.85. The van der Waals surface area contributed by atoms with Crippen LogP contribution in [-0.2, 0) is 11.3 Å². The molecule has 1 aliphatic heterocycles. The molecule has 0 aliphatic carbocycles. The van der Waals surface area contributed by atoms with E-state index in [2.05, 4.69) is 0 Å². The van der Waals surface area contributed by atoms with Crippen LogP contribution in [0.3, 0.4) is 0 Å². The number of nitrogens with zero attached hydrogens (tertiary/aromatic N) is 1. The molecule has 1 N–H and O–H groups in total. The molecule has 1 aromatic rings. The molecule has 1 unspecified atom stereocenters. The number of carbonyl (C=O) groups is 1. The van der Waals surface area contributed by atoms with E-state index in [4.69, 9.17) is 0 Å². The number of rotatable bonds is 2. The van der Waals surface area contributed by atoms with E-state index in [0.717, 1.165) is 6.54 Å². The molecule has 0 aromatic heterocycles. The van der Waals surface area contributed by atoms with Gasteiger partial charge in [-0.1, -0.05) is 30.3 Å². The second-order valence-corrected chi connectivity index (χ2v) is 3.93. The number of likely N-dealkylation sites (tertiary alicyclic amines) is 1. The summed E-state index contributed by atoms with van der Waals surface area (Å²) in [6.07, 6.45) is 0.225. The van der Waals surface area contributed by atoms with Crippen molar-refractivity contribution in [3.8, 4) is 0 Å². The lowest BCUT2D eigenvalue weighted by molar-refractivity contribution is -0.130. The van der Waals surface area contributed by atoms with Crippen molar-refractivity contribution < 1.29 is 9.90 Å². The number of piperidine rings is 1. The Morgan fingerprint density at radius 3 is 2.73 bits per heavy atom. The summed E-state index contributed by atoms with van der Waals surface area (Å²) in [5.74, 6) is 0.159. The summed E-state index contributed by atoms with van der Waals surface area (Å²) in [6, 6.07) is 10.00. The van der Waals surface area contributed by atoms with Crippen molar-refractivity contribution in [2.24, 2.45) is 0 Å². The number of carbonyl (C=O) groups excluding carboxylic acids is 1. The first kappa shape index (κ1) is 10.3. The predicted octanol–water partition coefficient (Wildman–Crippen LogP) is 1.17. The van der Waals surface area contributed by atoms with Crippen LogP contribution in [0.4, 0.5) is 0 Å². The zero-order chi connectivity index (χ0) is 10.7. The maximum Gasteiger partial charge on any atom is 0.138 e. The van der Waals surface area contributed by atoms with Crippen molar-refractivity contribution in [3.05, 3.63) is 35.9 Å². The van der Waals surface area contributed by atoms with Gasteiger partial charge in [0.25, 0.3) is 0 Å². The molecule has 3 heteroatoms. The van der Waals surface area contributed by atoms with E-state index in [9.17, 15) is 9.90 Å². The van der Waals surface area contributed by atoms with Gasteiger partial charge < -0.3 is 5.11 Å². The summed E-state index contributed by atoms with van der Waals surface area (Å²) in [5, 5.41) is 9.71. The third kappa shape index (κ3) is 2.64. The number of ketones is 1. The molecule has 0 amide bonds. The minimum atomic E-state index is -0.605. The van der Waals surface area contributed by atoms with Gasteiger partial charge in [0.2, 0.25) is 0 Å². The van der Waals surface area contributed by atoms with E-state index in [1.807, 2.05) is 35.2 Å². The molecule has 2 rings (SSSR count). The highest BCUT2D eigenvalue weighted by Crippen LogP contribution is 2.15. The Bertz CT molecular complexity index is 337. The van der Waals surface area contributed by atoms with E-state index in [0.29, 0.717) is 13.0 Å². The molecule has 3 nitrogen and oxygen atoms in total. The molecule has 1 aromatic carbocycles. The Morgan fingerprint density at radius 1 is 1.33 bits per heavy atom. The molecule has 0 spiro atoms. The molecule has 0 bridgehead atoms. The molecule has 1 atom stereocenters. The van der Waals surface area contributed by atoms with Crippen molar-refractivity contribution in [1.82, 2.24) is 4.90 Å². The van der Waals surface area contributed by atoms with Gasteiger partial charge in [-0.2, -0.15) is 0 Å². The Morgan fingerprint density at radius 2 is 2.07 bits per heavy atom. The van der Waals surface area contributed by atoms with Gasteiger partial charge in [-0.05, 0) is 5.56 Å². The van der Waals surface area contributed by atoms with Gasteiger partial charge in [-0.3, -0.25) is 9.69 Å². The van der Waals surface area contributed by atoms with E-state index in [1.165, 1.54) is 5.56 Å². The highest BCUT2D eigenvalue weighted by atomic mass is 16.3. The smallest absolute Gasteiger partial charge is 0.138 e. The first-order valence-electron chi connectivity index (χ1n) is 5.23. The number of benzene rings is 1. The molecule has 0 saturated carbocycles. The second kappa shape index (κ2) is 4.55. The van der Waals surface area contributed by atoms with Crippen LogP contribution < -0.4 is 0 Å². The van der Waals surface area contributed by atoms with Crippen LogP contribution in [0.15, 0.2) is 30.3 Å². The molecule has 0 radical (unpaired) electrons. The van der Waals surface area contributed by atoms with Crippen LogP contribution in [0.25, 0.3) is 0 Å². The number of Topliss-reactive ketones (excluding diaryl/α,β-unsaturated/α-hetero) is 1. The maximum atomic E-state index is 11.1. The molecular formula is C12H15NO2. The van der Waals surface area contributed by atoms with Crippen molar-refractivity contribution in [1.29, 1.82) is 0 Å². The molecule has 1 fully saturated rings. The van der Waals surface area contributed by atoms with Gasteiger partial charge in [-0.25, -0.2) is 0 Å². The zero-order valence-electron chi connectivity index (χ0n) is 8.60. The quantitative estimate of drug-likeness (QED) is 0.788. The first-order valence-corrected chi connectivity index (χ1v) is 5.23. The van der Waals surface area contributed by atoms with Crippen LogP contribution in [0.2, 0.25) is 0 Å². The van der Waals surface area contributed by atoms with Gasteiger partial charge in [0.15, 0.2) is 0 Å². The topological polar surface area (TPSA) is 40.5 Å². The molecule has 15 heavy (non-hydrogen) atoms. The minimum absolute atomic E-state index is 0.159. The summed E-state index contributed by atoms with van der Waals surface area (Å²) < 4.78 is 0. The van der Waals surface area contributed by atoms with Crippen molar-refractivity contribution in [3.63, 3.8) is 0 Å². The zero-order valence-corrected chi connectivity index (χ0v) is 8.60. The second-order valence-electron chi connectivity index (χ2n) is 3.93. The number of aliphatic hydroxyl groups excluding tert-OH is 1. The fourth-order valence-corrected chi connectivity index (χ4v) is 1.85. The van der Waals surface area contributed by atoms with E-state index in [-0.39, 0.29) is 12.2 Å². The third-order valence-electron chi connectivity index (χ3n) is 2.74. The number of hydrogen-bond donors (Lipinski definition) is 1. The average molecular weight is 205 g/mol. The van der Waals surface area contributed by atoms with Crippen LogP contribution in [0.1, 0.15) is 18.4 Å².